The van der Waals surface area contributed by atoms with Gasteiger partial charge < -0.3 is 28.9 Å². The van der Waals surface area contributed by atoms with Crippen LogP contribution in [0.5, 0.6) is 6.01 Å². The second-order valence-electron chi connectivity index (χ2n) is 25.3. The number of aromatic nitrogens is 5. The molecule has 1 aliphatic carbocycles. The molecular formula is C67H70F2N10O6. The van der Waals surface area contributed by atoms with Gasteiger partial charge in [-0.1, -0.05) is 48.4 Å². The number of hydrogen-bond donors (Lipinski definition) is 1. The van der Waals surface area contributed by atoms with Gasteiger partial charge in [0.25, 0.3) is 0 Å². The van der Waals surface area contributed by atoms with E-state index >= 15 is 8.78 Å². The molecule has 6 fully saturated rings. The Morgan fingerprint density at radius 3 is 2.58 bits per heavy atom. The molecule has 4 aromatic carbocycles. The van der Waals surface area contributed by atoms with E-state index in [1.165, 1.54) is 22.8 Å². The minimum absolute atomic E-state index is 0.00577. The highest BCUT2D eigenvalue weighted by Crippen LogP contribution is 2.49. The Labute approximate surface area is 492 Å². The number of anilines is 2. The summed E-state index contributed by atoms with van der Waals surface area (Å²) in [4.78, 5) is 62.5. The molecule has 7 aromatic rings. The number of amides is 3. The molecule has 6 saturated heterocycles. The van der Waals surface area contributed by atoms with Gasteiger partial charge in [0, 0.05) is 80.9 Å². The maximum atomic E-state index is 17.5. The van der Waals surface area contributed by atoms with Gasteiger partial charge in [0.05, 0.1) is 52.0 Å². The molecule has 3 aromatic heterocycles. The topological polar surface area (TPSA) is 160 Å². The summed E-state index contributed by atoms with van der Waals surface area (Å²) in [5, 5.41) is 9.87. The maximum absolute atomic E-state index is 17.5. The van der Waals surface area contributed by atoms with E-state index in [1.54, 1.807) is 18.2 Å². The molecule has 15 rings (SSSR count). The zero-order valence-corrected chi connectivity index (χ0v) is 48.1. The largest absolute Gasteiger partial charge is 0.461 e. The van der Waals surface area contributed by atoms with E-state index in [2.05, 4.69) is 62.3 Å². The van der Waals surface area contributed by atoms with Crippen molar-refractivity contribution in [3.8, 4) is 29.6 Å². The lowest BCUT2D eigenvalue weighted by Crippen LogP contribution is -2.49. The number of likely N-dealkylation sites (tertiary alicyclic amines) is 1. The summed E-state index contributed by atoms with van der Waals surface area (Å²) in [7, 11) is 1.92. The van der Waals surface area contributed by atoms with Crippen molar-refractivity contribution in [2.45, 2.75) is 131 Å². The average molecular weight is 1150 g/mol. The number of fused-ring (bicyclic) bond motifs is 7. The molecule has 1 N–H and O–H groups in total. The number of aryl methyl sites for hydroxylation is 3. The van der Waals surface area contributed by atoms with Crippen molar-refractivity contribution in [1.29, 1.82) is 0 Å². The molecule has 3 amide bonds. The summed E-state index contributed by atoms with van der Waals surface area (Å²) in [5.74, 6) is 1.48. The van der Waals surface area contributed by atoms with Gasteiger partial charge in [-0.15, -0.1) is 6.42 Å². The highest BCUT2D eigenvalue weighted by molar-refractivity contribution is 6.04. The van der Waals surface area contributed by atoms with E-state index < -0.39 is 17.6 Å². The first-order valence-corrected chi connectivity index (χ1v) is 30.9. The van der Waals surface area contributed by atoms with Gasteiger partial charge in [-0.25, -0.2) is 18.6 Å². The van der Waals surface area contributed by atoms with Crippen LogP contribution in [0.25, 0.3) is 43.8 Å². The van der Waals surface area contributed by atoms with Gasteiger partial charge in [0.2, 0.25) is 11.8 Å². The summed E-state index contributed by atoms with van der Waals surface area (Å²) in [6.45, 7) is 6.51. The van der Waals surface area contributed by atoms with Gasteiger partial charge in [0.15, 0.2) is 5.82 Å². The zero-order chi connectivity index (χ0) is 57.7. The second-order valence-corrected chi connectivity index (χ2v) is 25.3. The fourth-order valence-electron chi connectivity index (χ4n) is 16.3. The molecule has 0 bridgehead atoms. The molecule has 0 saturated carbocycles. The van der Waals surface area contributed by atoms with Crippen LogP contribution in [0, 0.1) is 24.0 Å². The van der Waals surface area contributed by atoms with Crippen LogP contribution in [0.1, 0.15) is 129 Å². The first-order valence-electron chi connectivity index (χ1n) is 30.9. The predicted octanol–water partition coefficient (Wildman–Crippen LogP) is 9.93. The van der Waals surface area contributed by atoms with Gasteiger partial charge >= 0.3 is 12.1 Å². The molecule has 18 heteroatoms. The molecule has 10 heterocycles. The first-order chi connectivity index (χ1) is 41.4. The maximum Gasteiger partial charge on any atom is 0.409 e. The smallest absolute Gasteiger partial charge is 0.409 e. The molecule has 1 unspecified atom stereocenters. The number of benzene rings is 4. The molecule has 8 aliphatic rings. The van der Waals surface area contributed by atoms with E-state index in [1.807, 2.05) is 22.7 Å². The van der Waals surface area contributed by atoms with E-state index in [4.69, 9.17) is 40.7 Å². The Hall–Kier alpha value is -7.75. The van der Waals surface area contributed by atoms with Crippen molar-refractivity contribution in [1.82, 2.24) is 39.8 Å². The number of pyridine rings is 1. The number of hydrogen-bond acceptors (Lipinski definition) is 13. The number of carbonyl (C=O) groups excluding carboxylic acids is 3. The lowest BCUT2D eigenvalue weighted by Gasteiger charge is -2.40. The molecule has 1 spiro atoms. The third-order valence-electron chi connectivity index (χ3n) is 20.9. The van der Waals surface area contributed by atoms with E-state index in [0.717, 1.165) is 119 Å². The Morgan fingerprint density at radius 2 is 1.73 bits per heavy atom. The van der Waals surface area contributed by atoms with Gasteiger partial charge in [-0.2, -0.15) is 15.1 Å². The number of nitrogens with one attached hydrogen (secondary N) is 1. The highest BCUT2D eigenvalue weighted by Gasteiger charge is 2.51. The summed E-state index contributed by atoms with van der Waals surface area (Å²) in [5.41, 5.74) is 8.29. The van der Waals surface area contributed by atoms with E-state index in [9.17, 15) is 14.4 Å². The SMILES string of the molecule is C#Cc1c(F)ccc2cccc(-c3nc4c5c(nc(OC[C@@]67CCCN6[C@H](COC(=O)N6CCC8(CCc9cc(C%10CCN(c%11ccc%12c(C%13CCC(=O)NC%13=O)nn(C)c%12c%11)CC%10)ccc98)CC6)CC7)nc5c3F)N3CCCOC[C@@H]3CC4)c12. The standard InChI is InChI=1S/C67H70F2N10O6/c1-3-47-52(68)16-10-41-7-4-8-49(56(41)47)60-58(69)61-57-53(70-60)17-12-45-37-83-34-6-28-78(45)62(57)73-64(72-61)85-39-67-23-5-29-79(67)46(20-25-67)38-84-65(82)77-32-26-66(27-33-77)24-19-43-35-42(9-15-51(43)66)40-21-30-76(31-22-40)44-11-13-48-54(36-44)75(2)74-59(48)50-14-18-55(80)71-63(50)81/h1,4,7-11,13,15-16,35-36,40,45-46,50H,5-6,12,14,17-34,37-39H2,2H3,(H,71,80,81)/t45-,46-,50?,67-/m0/s1. The third-order valence-corrected chi connectivity index (χ3v) is 20.9. The van der Waals surface area contributed by atoms with Crippen molar-refractivity contribution in [2.24, 2.45) is 7.05 Å². The number of halogens is 2. The number of rotatable bonds is 9. The van der Waals surface area contributed by atoms with Crippen molar-refractivity contribution >= 4 is 62.0 Å². The van der Waals surface area contributed by atoms with Gasteiger partial charge in [-0.3, -0.25) is 24.5 Å². The molecule has 85 heavy (non-hydrogen) atoms. The molecule has 16 nitrogen and oxygen atoms in total. The Morgan fingerprint density at radius 1 is 0.859 bits per heavy atom. The van der Waals surface area contributed by atoms with Crippen LogP contribution in [-0.2, 0) is 44.4 Å². The number of carbonyl (C=O) groups is 3. The van der Waals surface area contributed by atoms with Crippen LogP contribution in [0.3, 0.4) is 0 Å². The monoisotopic (exact) mass is 1150 g/mol. The Bertz CT molecular complexity index is 3920. The minimum atomic E-state index is -0.639. The predicted molar refractivity (Wildman–Crippen MR) is 319 cm³/mol. The van der Waals surface area contributed by atoms with E-state index in [-0.39, 0.29) is 63.7 Å². The van der Waals surface area contributed by atoms with Crippen molar-refractivity contribution in [3.63, 3.8) is 0 Å². The van der Waals surface area contributed by atoms with Crippen LogP contribution in [0.4, 0.5) is 25.1 Å². The van der Waals surface area contributed by atoms with Crippen LogP contribution in [0.15, 0.2) is 66.7 Å². The number of ether oxygens (including phenoxy) is 3. The zero-order valence-electron chi connectivity index (χ0n) is 48.1. The number of nitrogens with zero attached hydrogens (tertiary/aromatic N) is 9. The van der Waals surface area contributed by atoms with Gasteiger partial charge in [-0.05, 0) is 154 Å². The first kappa shape index (κ1) is 53.9. The van der Waals surface area contributed by atoms with Crippen molar-refractivity contribution in [3.05, 3.63) is 112 Å². The summed E-state index contributed by atoms with van der Waals surface area (Å²) in [6.07, 6.45) is 18.2. The van der Waals surface area contributed by atoms with Crippen molar-refractivity contribution in [2.75, 3.05) is 75.5 Å². The minimum Gasteiger partial charge on any atom is -0.461 e. The van der Waals surface area contributed by atoms with Crippen LogP contribution < -0.4 is 19.9 Å². The van der Waals surface area contributed by atoms with Crippen LogP contribution in [0.2, 0.25) is 0 Å². The lowest BCUT2D eigenvalue weighted by molar-refractivity contribution is -0.134. The lowest BCUT2D eigenvalue weighted by atomic mass is 9.73. The van der Waals surface area contributed by atoms with Crippen LogP contribution in [-0.4, -0.2) is 136 Å². The third kappa shape index (κ3) is 9.24. The average Bonchev–Trinajstić information content (AvgIpc) is 2.22. The molecule has 4 atom stereocenters. The summed E-state index contributed by atoms with van der Waals surface area (Å²) in [6, 6.07) is 22.2. The molecule has 0 radical (unpaired) electrons. The molecular weight excluding hydrogens is 1080 g/mol. The molecule has 7 aliphatic heterocycles. The normalized spacial score (nSPS) is 24.1. The summed E-state index contributed by atoms with van der Waals surface area (Å²) < 4.78 is 53.6. The summed E-state index contributed by atoms with van der Waals surface area (Å²) >= 11 is 0. The van der Waals surface area contributed by atoms with Gasteiger partial charge in [0.1, 0.15) is 36.1 Å². The number of piperidine rings is 3. The van der Waals surface area contributed by atoms with Crippen LogP contribution >= 0.6 is 0 Å². The van der Waals surface area contributed by atoms with Crippen molar-refractivity contribution < 1.29 is 37.4 Å². The fourth-order valence-corrected chi connectivity index (χ4v) is 16.3. The number of imide groups is 1. The Balaban J connectivity index is 0.585. The number of terminal acetylenes is 1. The Kier molecular flexibility index (Phi) is 13.5. The van der Waals surface area contributed by atoms with E-state index in [0.29, 0.717) is 104 Å². The quantitative estimate of drug-likeness (QED) is 0.108. The second kappa shape index (κ2) is 21.3. The molecule has 438 valence electrons. The fraction of sp³-hybridized carbons (Fsp3) is 0.478. The highest BCUT2D eigenvalue weighted by atomic mass is 19.1.